The lowest BCUT2D eigenvalue weighted by Crippen LogP contribution is -2.38. The number of halogens is 1. The van der Waals surface area contributed by atoms with E-state index in [1.54, 1.807) is 0 Å². The minimum absolute atomic E-state index is 0.123. The number of aromatic nitrogens is 1. The van der Waals surface area contributed by atoms with Crippen molar-refractivity contribution in [1.29, 1.82) is 0 Å². The van der Waals surface area contributed by atoms with Crippen LogP contribution >= 0.6 is 11.6 Å². The predicted molar refractivity (Wildman–Crippen MR) is 117 cm³/mol. The molecule has 1 aliphatic rings. The summed E-state index contributed by atoms with van der Waals surface area (Å²) in [5.41, 5.74) is 5.32. The number of nitrogens with zero attached hydrogens (tertiary/aromatic N) is 1. The smallest absolute Gasteiger partial charge is 0.253 e. The molecule has 2 aromatic carbocycles. The van der Waals surface area contributed by atoms with Gasteiger partial charge in [0.25, 0.3) is 5.91 Å². The number of nitrogens with one attached hydrogen (secondary N) is 1. The number of hydrogen-bond acceptors (Lipinski definition) is 1. The Morgan fingerprint density at radius 2 is 1.96 bits per heavy atom. The molecular weight excluding hydrogens is 368 g/mol. The lowest BCUT2D eigenvalue weighted by atomic mass is 9.89. The maximum atomic E-state index is 13.0. The van der Waals surface area contributed by atoms with Gasteiger partial charge < -0.3 is 9.88 Å². The van der Waals surface area contributed by atoms with Gasteiger partial charge in [-0.25, -0.2) is 0 Å². The maximum absolute atomic E-state index is 13.0. The molecule has 1 fully saturated rings. The van der Waals surface area contributed by atoms with Gasteiger partial charge in [-0.2, -0.15) is 0 Å². The van der Waals surface area contributed by atoms with Crippen LogP contribution in [-0.4, -0.2) is 28.9 Å². The molecule has 28 heavy (non-hydrogen) atoms. The predicted octanol–water partition coefficient (Wildman–Crippen LogP) is 6.31. The van der Waals surface area contributed by atoms with Crippen molar-refractivity contribution in [2.45, 2.75) is 26.7 Å². The Morgan fingerprint density at radius 1 is 1.18 bits per heavy atom. The zero-order valence-corrected chi connectivity index (χ0v) is 17.1. The molecule has 0 unspecified atom stereocenters. The number of aromatic amines is 1. The molecule has 4 rings (SSSR count). The number of H-pyrrole nitrogens is 1. The second kappa shape index (κ2) is 7.84. The molecule has 3 nitrogen and oxygen atoms in total. The highest BCUT2D eigenvalue weighted by Crippen LogP contribution is 2.31. The Balaban J connectivity index is 1.55. The summed E-state index contributed by atoms with van der Waals surface area (Å²) >= 11 is 6.14. The largest absolute Gasteiger partial charge is 0.361 e. The number of rotatable bonds is 3. The first-order valence-corrected chi connectivity index (χ1v) is 10.2. The van der Waals surface area contributed by atoms with Crippen LogP contribution in [-0.2, 0) is 0 Å². The number of fused-ring (bicyclic) bond motifs is 1. The first-order chi connectivity index (χ1) is 13.6. The summed E-state index contributed by atoms with van der Waals surface area (Å²) in [5, 5.41) is 1.82. The van der Waals surface area contributed by atoms with E-state index in [-0.39, 0.29) is 5.91 Å². The van der Waals surface area contributed by atoms with Crippen LogP contribution in [0.3, 0.4) is 0 Å². The van der Waals surface area contributed by atoms with Gasteiger partial charge in [0.2, 0.25) is 0 Å². The van der Waals surface area contributed by atoms with Crippen molar-refractivity contribution >= 4 is 28.4 Å². The number of carbonyl (C=O) groups is 1. The normalized spacial score (nSPS) is 16.0. The van der Waals surface area contributed by atoms with E-state index in [4.69, 9.17) is 11.6 Å². The van der Waals surface area contributed by atoms with Gasteiger partial charge in [0.15, 0.2) is 0 Å². The van der Waals surface area contributed by atoms with Crippen LogP contribution in [0, 0.1) is 5.92 Å². The van der Waals surface area contributed by atoms with Crippen molar-refractivity contribution in [2.24, 2.45) is 5.92 Å². The van der Waals surface area contributed by atoms with E-state index >= 15 is 0 Å². The SMILES string of the molecule is CC=C(C)C1CCN(C(=O)c2ccc3c(-c4cccc(Cl)c4)c[nH]c3c2)CC1. The van der Waals surface area contributed by atoms with Crippen molar-refractivity contribution in [1.82, 2.24) is 9.88 Å². The van der Waals surface area contributed by atoms with Crippen molar-refractivity contribution < 1.29 is 4.79 Å². The molecule has 4 heteroatoms. The summed E-state index contributed by atoms with van der Waals surface area (Å²) in [6, 6.07) is 13.8. The number of hydrogen-bond donors (Lipinski definition) is 1. The molecule has 3 aromatic rings. The molecular formula is C24H25ClN2O. The molecule has 1 amide bonds. The van der Waals surface area contributed by atoms with Crippen molar-refractivity contribution in [3.63, 3.8) is 0 Å². The van der Waals surface area contributed by atoms with Gasteiger partial charge in [0.05, 0.1) is 0 Å². The Hall–Kier alpha value is -2.52. The topological polar surface area (TPSA) is 36.1 Å². The second-order valence-electron chi connectivity index (χ2n) is 7.57. The van der Waals surface area contributed by atoms with E-state index in [0.29, 0.717) is 5.92 Å². The van der Waals surface area contributed by atoms with Gasteiger partial charge in [-0.3, -0.25) is 4.79 Å². The average molecular weight is 393 g/mol. The fraction of sp³-hybridized carbons (Fsp3) is 0.292. The van der Waals surface area contributed by atoms with Crippen LogP contribution in [0.1, 0.15) is 37.0 Å². The van der Waals surface area contributed by atoms with Gasteiger partial charge in [-0.05, 0) is 62.4 Å². The van der Waals surface area contributed by atoms with Crippen LogP contribution in [0.4, 0.5) is 0 Å². The van der Waals surface area contributed by atoms with Gasteiger partial charge in [-0.15, -0.1) is 0 Å². The summed E-state index contributed by atoms with van der Waals surface area (Å²) in [4.78, 5) is 18.3. The molecule has 0 saturated carbocycles. The fourth-order valence-electron chi connectivity index (χ4n) is 4.11. The molecule has 0 atom stereocenters. The van der Waals surface area contributed by atoms with Crippen LogP contribution < -0.4 is 0 Å². The van der Waals surface area contributed by atoms with Crippen LogP contribution in [0.5, 0.6) is 0 Å². The average Bonchev–Trinajstić information content (AvgIpc) is 3.16. The first-order valence-electron chi connectivity index (χ1n) is 9.86. The Morgan fingerprint density at radius 3 is 2.68 bits per heavy atom. The van der Waals surface area contributed by atoms with Crippen LogP contribution in [0.15, 0.2) is 60.3 Å². The number of carbonyl (C=O) groups excluding carboxylic acids is 1. The van der Waals surface area contributed by atoms with Crippen molar-refractivity contribution in [3.8, 4) is 11.1 Å². The second-order valence-corrected chi connectivity index (χ2v) is 8.01. The van der Waals surface area contributed by atoms with Gasteiger partial charge >= 0.3 is 0 Å². The lowest BCUT2D eigenvalue weighted by molar-refractivity contribution is 0.0702. The summed E-state index contributed by atoms with van der Waals surface area (Å²) < 4.78 is 0. The molecule has 144 valence electrons. The third-order valence-corrected chi connectivity index (χ3v) is 6.18. The van der Waals surface area contributed by atoms with E-state index in [1.165, 1.54) is 5.57 Å². The molecule has 1 saturated heterocycles. The quantitative estimate of drug-likeness (QED) is 0.521. The highest BCUT2D eigenvalue weighted by molar-refractivity contribution is 6.30. The minimum atomic E-state index is 0.123. The zero-order chi connectivity index (χ0) is 19.7. The van der Waals surface area contributed by atoms with E-state index in [9.17, 15) is 4.79 Å². The number of piperidine rings is 1. The third kappa shape index (κ3) is 3.59. The zero-order valence-electron chi connectivity index (χ0n) is 16.3. The number of benzene rings is 2. The summed E-state index contributed by atoms with van der Waals surface area (Å²) in [6.07, 6.45) is 6.27. The minimum Gasteiger partial charge on any atom is -0.361 e. The Bertz CT molecular complexity index is 1040. The number of amides is 1. The maximum Gasteiger partial charge on any atom is 0.253 e. The van der Waals surface area contributed by atoms with Crippen LogP contribution in [0.2, 0.25) is 5.02 Å². The summed E-state index contributed by atoms with van der Waals surface area (Å²) in [6.45, 7) is 5.94. The molecule has 1 N–H and O–H groups in total. The number of likely N-dealkylation sites (tertiary alicyclic amines) is 1. The molecule has 2 heterocycles. The van der Waals surface area contributed by atoms with E-state index in [0.717, 1.165) is 58.5 Å². The van der Waals surface area contributed by atoms with Gasteiger partial charge in [0.1, 0.15) is 0 Å². The lowest BCUT2D eigenvalue weighted by Gasteiger charge is -2.32. The Kier molecular flexibility index (Phi) is 5.27. The number of allylic oxidation sites excluding steroid dienone is 2. The van der Waals surface area contributed by atoms with E-state index in [2.05, 4.69) is 24.9 Å². The van der Waals surface area contributed by atoms with Crippen molar-refractivity contribution in [3.05, 3.63) is 70.9 Å². The first kappa shape index (κ1) is 18.8. The highest BCUT2D eigenvalue weighted by atomic mass is 35.5. The molecule has 1 aliphatic heterocycles. The van der Waals surface area contributed by atoms with Gasteiger partial charge in [0, 0.05) is 46.3 Å². The Labute approximate surface area is 171 Å². The third-order valence-electron chi connectivity index (χ3n) is 5.95. The summed E-state index contributed by atoms with van der Waals surface area (Å²) in [7, 11) is 0. The van der Waals surface area contributed by atoms with E-state index < -0.39 is 0 Å². The fourth-order valence-corrected chi connectivity index (χ4v) is 4.30. The molecule has 0 bridgehead atoms. The van der Waals surface area contributed by atoms with Crippen LogP contribution in [0.25, 0.3) is 22.0 Å². The molecule has 1 aromatic heterocycles. The standard InChI is InChI=1S/C24H25ClN2O/c1-3-16(2)17-9-11-27(12-10-17)24(28)19-7-8-21-22(15-26-23(21)14-19)18-5-4-6-20(25)13-18/h3-8,13-15,17,26H,9-12H2,1-2H3. The molecule has 0 aliphatic carbocycles. The monoisotopic (exact) mass is 392 g/mol. The van der Waals surface area contributed by atoms with Crippen molar-refractivity contribution in [2.75, 3.05) is 13.1 Å². The molecule has 0 radical (unpaired) electrons. The van der Waals surface area contributed by atoms with E-state index in [1.807, 2.05) is 53.6 Å². The van der Waals surface area contributed by atoms with Gasteiger partial charge in [-0.1, -0.05) is 41.4 Å². The highest BCUT2D eigenvalue weighted by Gasteiger charge is 2.24. The molecule has 0 spiro atoms. The summed E-state index contributed by atoms with van der Waals surface area (Å²) in [5.74, 6) is 0.734.